The lowest BCUT2D eigenvalue weighted by Gasteiger charge is -2.25. The van der Waals surface area contributed by atoms with Crippen LogP contribution in [-0.2, 0) is 21.1 Å². The molecule has 2 aliphatic heterocycles. The number of aromatic amines is 1. The number of nitrogens with one attached hydrogen (secondary N) is 1. The lowest BCUT2D eigenvalue weighted by atomic mass is 10.1. The van der Waals surface area contributed by atoms with Crippen molar-refractivity contribution >= 4 is 39.2 Å². The molecule has 2 saturated heterocycles. The zero-order chi connectivity index (χ0) is 17.5. The summed E-state index contributed by atoms with van der Waals surface area (Å²) < 4.78 is 11.1. The molecule has 2 aliphatic rings. The van der Waals surface area contributed by atoms with E-state index in [-0.39, 0.29) is 6.10 Å². The average Bonchev–Trinajstić information content (AvgIpc) is 3.09. The van der Waals surface area contributed by atoms with Gasteiger partial charge in [-0.1, -0.05) is 29.7 Å². The van der Waals surface area contributed by atoms with Crippen LogP contribution in [0.25, 0.3) is 0 Å². The van der Waals surface area contributed by atoms with Gasteiger partial charge >= 0.3 is 5.69 Å². The SMILES string of the molecule is CC[C@H]1O[C@@H](n2cc(C)c(=O)[nH]c2=O)[C@H](O)[C@@H]1OP1(=S)SCCS1. The molecule has 0 saturated carbocycles. The average molecular weight is 410 g/mol. The highest BCUT2D eigenvalue weighted by atomic mass is 33.2. The summed E-state index contributed by atoms with van der Waals surface area (Å²) in [6, 6.07) is 0. The van der Waals surface area contributed by atoms with Gasteiger partial charge < -0.3 is 14.4 Å². The predicted molar refractivity (Wildman–Crippen MR) is 100 cm³/mol. The van der Waals surface area contributed by atoms with Gasteiger partial charge in [0.25, 0.3) is 5.56 Å². The second-order valence-corrected chi connectivity index (χ2v) is 16.3. The normalized spacial score (nSPS) is 32.3. The van der Waals surface area contributed by atoms with Crippen LogP contribution < -0.4 is 11.2 Å². The first-order valence-corrected chi connectivity index (χ1v) is 13.5. The molecule has 4 atom stereocenters. The van der Waals surface area contributed by atoms with E-state index >= 15 is 0 Å². The van der Waals surface area contributed by atoms with E-state index in [2.05, 4.69) is 4.98 Å². The first kappa shape index (κ1) is 18.7. The van der Waals surface area contributed by atoms with Gasteiger partial charge in [0.05, 0.1) is 6.10 Å². The van der Waals surface area contributed by atoms with Crippen LogP contribution in [0, 0.1) is 6.92 Å². The number of aliphatic hydroxyl groups excluding tert-OH is 1. The zero-order valence-electron chi connectivity index (χ0n) is 13.2. The molecule has 1 aromatic heterocycles. The summed E-state index contributed by atoms with van der Waals surface area (Å²) in [7, 11) is 0. The Morgan fingerprint density at radius 2 is 2.17 bits per heavy atom. The van der Waals surface area contributed by atoms with Crippen LogP contribution in [0.4, 0.5) is 0 Å². The van der Waals surface area contributed by atoms with Crippen LogP contribution >= 0.6 is 27.4 Å². The fourth-order valence-electron chi connectivity index (χ4n) is 2.73. The minimum absolute atomic E-state index is 0.356. The molecule has 1 aromatic rings. The Labute approximate surface area is 152 Å². The van der Waals surface area contributed by atoms with Crippen molar-refractivity contribution in [2.24, 2.45) is 0 Å². The molecule has 2 fully saturated rings. The molecule has 0 aliphatic carbocycles. The van der Waals surface area contributed by atoms with E-state index in [4.69, 9.17) is 21.1 Å². The van der Waals surface area contributed by atoms with Crippen LogP contribution in [0.2, 0.25) is 0 Å². The Kier molecular flexibility index (Phi) is 5.66. The van der Waals surface area contributed by atoms with Crippen molar-refractivity contribution in [3.05, 3.63) is 32.6 Å². The number of aryl methyl sites for hydroxylation is 1. The third-order valence-electron chi connectivity index (χ3n) is 3.96. The third-order valence-corrected chi connectivity index (χ3v) is 13.7. The number of rotatable bonds is 4. The van der Waals surface area contributed by atoms with E-state index in [0.29, 0.717) is 12.0 Å². The topological polar surface area (TPSA) is 93.6 Å². The van der Waals surface area contributed by atoms with Crippen molar-refractivity contribution in [2.75, 3.05) is 11.5 Å². The number of nitrogens with zero attached hydrogens (tertiary/aromatic N) is 1. The first-order chi connectivity index (χ1) is 11.3. The molecule has 24 heavy (non-hydrogen) atoms. The molecule has 0 radical (unpaired) electrons. The highest BCUT2D eigenvalue weighted by molar-refractivity contribution is 9.00. The Morgan fingerprint density at radius 3 is 2.79 bits per heavy atom. The van der Waals surface area contributed by atoms with E-state index in [1.807, 2.05) is 6.92 Å². The molecule has 0 aromatic carbocycles. The van der Waals surface area contributed by atoms with Crippen LogP contribution in [0.15, 0.2) is 15.8 Å². The minimum atomic E-state index is -2.07. The van der Waals surface area contributed by atoms with E-state index in [0.717, 1.165) is 11.5 Å². The highest BCUT2D eigenvalue weighted by Gasteiger charge is 2.47. The van der Waals surface area contributed by atoms with E-state index in [1.54, 1.807) is 29.7 Å². The van der Waals surface area contributed by atoms with Crippen molar-refractivity contribution < 1.29 is 14.4 Å². The summed E-state index contributed by atoms with van der Waals surface area (Å²) in [5.41, 5.74) is -0.688. The molecule has 3 heterocycles. The summed E-state index contributed by atoms with van der Waals surface area (Å²) in [6.45, 7) is 3.53. The maximum atomic E-state index is 12.1. The van der Waals surface area contributed by atoms with Crippen molar-refractivity contribution in [1.29, 1.82) is 0 Å². The molecule has 134 valence electrons. The lowest BCUT2D eigenvalue weighted by Crippen LogP contribution is -2.38. The van der Waals surface area contributed by atoms with Crippen LogP contribution in [0.1, 0.15) is 25.1 Å². The van der Waals surface area contributed by atoms with Gasteiger partial charge in [0, 0.05) is 23.3 Å². The van der Waals surface area contributed by atoms with Crippen molar-refractivity contribution in [2.45, 2.75) is 44.8 Å². The summed E-state index contributed by atoms with van der Waals surface area (Å²) in [5, 5.41) is 10.7. The highest BCUT2D eigenvalue weighted by Crippen LogP contribution is 2.75. The molecular weight excluding hydrogens is 391 g/mol. The fourth-order valence-corrected chi connectivity index (χ4v) is 12.0. The summed E-state index contributed by atoms with van der Waals surface area (Å²) in [5.74, 6) is 1.90. The maximum Gasteiger partial charge on any atom is 0.330 e. The number of hydrogen-bond acceptors (Lipinski definition) is 8. The van der Waals surface area contributed by atoms with Gasteiger partial charge in [-0.3, -0.25) is 14.3 Å². The third kappa shape index (κ3) is 3.56. The summed E-state index contributed by atoms with van der Waals surface area (Å²) >= 11 is 8.88. The lowest BCUT2D eigenvalue weighted by molar-refractivity contribution is -0.0405. The molecule has 0 bridgehead atoms. The predicted octanol–water partition coefficient (Wildman–Crippen LogP) is 1.60. The number of hydrogen-bond donors (Lipinski definition) is 2. The molecule has 2 N–H and O–H groups in total. The van der Waals surface area contributed by atoms with Gasteiger partial charge in [-0.05, 0) is 25.2 Å². The number of H-pyrrole nitrogens is 1. The van der Waals surface area contributed by atoms with Gasteiger partial charge in [-0.25, -0.2) is 4.79 Å². The molecule has 0 spiro atoms. The molecular formula is C13H19N2O5PS3. The van der Waals surface area contributed by atoms with Crippen molar-refractivity contribution in [3.8, 4) is 0 Å². The van der Waals surface area contributed by atoms with Crippen LogP contribution in [-0.4, -0.2) is 44.5 Å². The Morgan fingerprint density at radius 1 is 1.50 bits per heavy atom. The first-order valence-electron chi connectivity index (χ1n) is 7.58. The Bertz CT molecular complexity index is 772. The van der Waals surface area contributed by atoms with Gasteiger partial charge in [0.1, 0.15) is 12.2 Å². The van der Waals surface area contributed by atoms with Gasteiger partial charge in [-0.2, -0.15) is 0 Å². The fraction of sp³-hybridized carbons (Fsp3) is 0.692. The Balaban J connectivity index is 1.89. The molecule has 0 amide bonds. The largest absolute Gasteiger partial charge is 0.386 e. The van der Waals surface area contributed by atoms with Crippen LogP contribution in [0.5, 0.6) is 0 Å². The second kappa shape index (κ2) is 7.26. The maximum absolute atomic E-state index is 12.1. The number of ether oxygens (including phenoxy) is 1. The van der Waals surface area contributed by atoms with E-state index in [1.165, 1.54) is 10.8 Å². The number of aliphatic hydroxyl groups is 1. The van der Waals surface area contributed by atoms with Crippen molar-refractivity contribution in [1.82, 2.24) is 9.55 Å². The Hall–Kier alpha value is -0.0900. The summed E-state index contributed by atoms with van der Waals surface area (Å²) in [4.78, 5) is 25.9. The van der Waals surface area contributed by atoms with Gasteiger partial charge in [0.2, 0.25) is 0 Å². The van der Waals surface area contributed by atoms with Gasteiger partial charge in [-0.15, -0.1) is 0 Å². The minimum Gasteiger partial charge on any atom is -0.386 e. The number of aromatic nitrogens is 2. The standard InChI is InChI=1S/C13H19N2O5PS3/c1-3-8-10(20-21(22)23-4-5-24-21)9(16)12(19-8)15-6-7(2)11(17)14-13(15)18/h6,8-10,12,16H,3-5H2,1-2H3,(H,14,17,18)/t8-,9-,10-,12-/m1/s1. The summed E-state index contributed by atoms with van der Waals surface area (Å²) in [6.07, 6.45) is -0.836. The zero-order valence-corrected chi connectivity index (χ0v) is 16.6. The molecule has 0 unspecified atom stereocenters. The molecule has 3 rings (SSSR count). The quantitative estimate of drug-likeness (QED) is 0.723. The monoisotopic (exact) mass is 410 g/mol. The molecule has 7 nitrogen and oxygen atoms in total. The second-order valence-electron chi connectivity index (χ2n) is 5.63. The van der Waals surface area contributed by atoms with E-state index < -0.39 is 34.4 Å². The van der Waals surface area contributed by atoms with E-state index in [9.17, 15) is 14.7 Å². The van der Waals surface area contributed by atoms with Gasteiger partial charge in [0.15, 0.2) is 10.9 Å². The van der Waals surface area contributed by atoms with Crippen LogP contribution in [0.3, 0.4) is 0 Å². The smallest absolute Gasteiger partial charge is 0.330 e. The van der Waals surface area contributed by atoms with Crippen molar-refractivity contribution in [3.63, 3.8) is 0 Å². The molecule has 11 heteroatoms.